The van der Waals surface area contributed by atoms with Crippen LogP contribution < -0.4 is 22.5 Å². The highest BCUT2D eigenvalue weighted by Crippen LogP contribution is 2.26. The molecule has 0 saturated heterocycles. The molecular weight excluding hydrogens is 370 g/mol. The number of aliphatic carboxylic acids is 2. The van der Waals surface area contributed by atoms with Gasteiger partial charge in [-0.1, -0.05) is 13.8 Å². The van der Waals surface area contributed by atoms with Gasteiger partial charge < -0.3 is 32.1 Å². The zero-order valence-corrected chi connectivity index (χ0v) is 15.4. The summed E-state index contributed by atoms with van der Waals surface area (Å²) in [6.45, 7) is 2.91. The normalized spacial score (nSPS) is 12.7. The molecule has 0 spiro atoms. The van der Waals surface area contributed by atoms with Crippen LogP contribution in [0.3, 0.4) is 0 Å². The quantitative estimate of drug-likeness (QED) is 0.271. The highest BCUT2D eigenvalue weighted by atomic mass is 31.1. The van der Waals surface area contributed by atoms with Crippen LogP contribution in [0, 0.1) is 0 Å². The lowest BCUT2D eigenvalue weighted by Crippen LogP contribution is -2.37. The van der Waals surface area contributed by atoms with Crippen LogP contribution >= 0.6 is 16.1 Å². The summed E-state index contributed by atoms with van der Waals surface area (Å²) in [7, 11) is -5.51. The van der Waals surface area contributed by atoms with E-state index in [0.29, 0.717) is 0 Å². The fourth-order valence-corrected chi connectivity index (χ4v) is 2.39. The van der Waals surface area contributed by atoms with E-state index in [1.807, 2.05) is 0 Å². The summed E-state index contributed by atoms with van der Waals surface area (Å²) >= 11 is 0. The Balaban J connectivity index is -0.000000154. The largest absolute Gasteiger partial charge is 0.542 e. The summed E-state index contributed by atoms with van der Waals surface area (Å²) in [5.41, 5.74) is -2.65. The van der Waals surface area contributed by atoms with Crippen molar-refractivity contribution in [2.75, 3.05) is 0 Å². The molecule has 0 aliphatic heterocycles. The molecule has 4 unspecified atom stereocenters. The van der Waals surface area contributed by atoms with Crippen molar-refractivity contribution in [1.82, 2.24) is 12.3 Å². The molecule has 0 heterocycles. The molecule has 10 N–H and O–H groups in total. The van der Waals surface area contributed by atoms with Gasteiger partial charge in [-0.15, -0.1) is 0 Å². The highest BCUT2D eigenvalue weighted by Gasteiger charge is 2.35. The lowest BCUT2D eigenvalue weighted by molar-refractivity contribution is -0.300. The maximum Gasteiger partial charge on any atom is 0.517 e. The smallest absolute Gasteiger partial charge is 0.517 e. The van der Waals surface area contributed by atoms with Crippen LogP contribution in [0.2, 0.25) is 0 Å². The van der Waals surface area contributed by atoms with Gasteiger partial charge >= 0.3 is 16.1 Å². The number of carbonyl (C=O) groups excluding carboxylic acids is 4. The van der Waals surface area contributed by atoms with Crippen molar-refractivity contribution in [2.45, 2.75) is 38.0 Å². The van der Waals surface area contributed by atoms with Gasteiger partial charge in [0.05, 0.1) is 0 Å². The minimum Gasteiger partial charge on any atom is -0.542 e. The molecule has 14 heteroatoms. The Morgan fingerprint density at radius 3 is 1.04 bits per heavy atom. The van der Waals surface area contributed by atoms with Gasteiger partial charge in [-0.3, -0.25) is 9.59 Å². The first-order valence-corrected chi connectivity index (χ1v) is 8.38. The van der Waals surface area contributed by atoms with Crippen molar-refractivity contribution in [1.29, 1.82) is 0 Å². The predicted octanol–water partition coefficient (Wildman–Crippen LogP) is -1.61. The van der Waals surface area contributed by atoms with Crippen LogP contribution in [-0.2, 0) is 28.3 Å². The van der Waals surface area contributed by atoms with Gasteiger partial charge in [0.2, 0.25) is 22.9 Å². The molecule has 0 bridgehead atoms. The molecule has 0 aromatic heterocycles. The molecule has 0 fully saturated rings. The van der Waals surface area contributed by atoms with Gasteiger partial charge in [0.1, 0.15) is 11.9 Å². The molecule has 0 aromatic rings. The molecule has 0 saturated carbocycles. The van der Waals surface area contributed by atoms with E-state index < -0.39 is 50.9 Å². The Morgan fingerprint density at radius 1 is 0.792 bits per heavy atom. The second kappa shape index (κ2) is 14.9. The van der Waals surface area contributed by atoms with E-state index >= 15 is 0 Å². The monoisotopic (exact) mass is 392 g/mol. The molecule has 4 atom stereocenters. The third-order valence-electron chi connectivity index (χ3n) is 2.31. The van der Waals surface area contributed by atoms with E-state index in [2.05, 4.69) is 0 Å². The van der Waals surface area contributed by atoms with Gasteiger partial charge in [0.25, 0.3) is 0 Å². The van der Waals surface area contributed by atoms with E-state index in [-0.39, 0.29) is 25.1 Å². The number of carbonyl (C=O) groups is 4. The molecule has 0 aromatic carbocycles. The number of ketones is 2. The lowest BCUT2D eigenvalue weighted by atomic mass is 10.2. The Bertz CT molecular complexity index is 452. The summed E-state index contributed by atoms with van der Waals surface area (Å²) in [4.78, 5) is 57.7. The van der Waals surface area contributed by atoms with E-state index in [1.54, 1.807) is 0 Å². The Hall–Kier alpha value is -1.68. The average molecular weight is 392 g/mol. The van der Waals surface area contributed by atoms with E-state index in [0.717, 1.165) is 0 Å². The third kappa shape index (κ3) is 10.9. The second-order valence-corrected chi connectivity index (χ2v) is 6.21. The first kappa shape index (κ1) is 30.2. The minimum atomic E-state index is -2.76. The summed E-state index contributed by atoms with van der Waals surface area (Å²) in [5.74, 6) is -6.43. The molecule has 12 nitrogen and oxygen atoms in total. The van der Waals surface area contributed by atoms with E-state index in [1.165, 1.54) is 13.8 Å². The first-order chi connectivity index (χ1) is 10.0. The average Bonchev–Trinajstić information content (AvgIpc) is 2.39. The Labute approximate surface area is 139 Å². The second-order valence-electron chi connectivity index (χ2n) is 3.76. The number of Topliss-reactive ketones (excluding diaryl/α,β-unsaturated/α-hetero) is 2. The zero-order chi connectivity index (χ0) is 18.0. The molecule has 0 amide bonds. The molecular formula is C10H22N2O10P2+2. The highest BCUT2D eigenvalue weighted by molar-refractivity contribution is 7.41. The molecule has 0 radical (unpaired) electrons. The van der Waals surface area contributed by atoms with Crippen molar-refractivity contribution in [3.05, 3.63) is 0 Å². The van der Waals surface area contributed by atoms with Gasteiger partial charge in [-0.2, -0.15) is 9.79 Å². The lowest BCUT2D eigenvalue weighted by Gasteiger charge is -2.00. The first-order valence-electron chi connectivity index (χ1n) is 5.81. The minimum absolute atomic E-state index is 0. The molecule has 0 aliphatic rings. The summed E-state index contributed by atoms with van der Waals surface area (Å²) in [6.07, 6.45) is 0.0526. The van der Waals surface area contributed by atoms with Gasteiger partial charge in [-0.05, 0) is 9.13 Å². The van der Waals surface area contributed by atoms with Crippen LogP contribution in [0.1, 0.15) is 26.7 Å². The number of hydrogen-bond acceptors (Lipinski definition) is 8. The maximum absolute atomic E-state index is 10.5. The summed E-state index contributed by atoms with van der Waals surface area (Å²) < 4.78 is 20.6. The van der Waals surface area contributed by atoms with Crippen molar-refractivity contribution < 1.29 is 48.3 Å². The topological polar surface area (TPSA) is 262 Å². The number of hydrogen-bond donors (Lipinski definition) is 4. The molecule has 24 heavy (non-hydrogen) atoms. The zero-order valence-electron chi connectivity index (χ0n) is 13.6. The van der Waals surface area contributed by atoms with Crippen LogP contribution in [0.25, 0.3) is 0 Å². The summed E-state index contributed by atoms with van der Waals surface area (Å²) in [6, 6.07) is 0. The maximum atomic E-state index is 10.5. The van der Waals surface area contributed by atoms with Crippen LogP contribution in [0.5, 0.6) is 0 Å². The van der Waals surface area contributed by atoms with Crippen molar-refractivity contribution in [3.8, 4) is 0 Å². The Morgan fingerprint density at radius 2 is 1.00 bits per heavy atom. The van der Waals surface area contributed by atoms with Crippen LogP contribution in [-0.4, -0.2) is 44.6 Å². The van der Waals surface area contributed by atoms with Gasteiger partial charge in [-0.25, -0.2) is 0 Å². The van der Waals surface area contributed by atoms with Crippen LogP contribution in [0.4, 0.5) is 0 Å². The van der Waals surface area contributed by atoms with Crippen molar-refractivity contribution in [2.24, 2.45) is 0 Å². The van der Waals surface area contributed by atoms with Gasteiger partial charge in [0, 0.05) is 12.8 Å². The van der Waals surface area contributed by atoms with E-state index in [4.69, 9.17) is 9.79 Å². The number of rotatable bonds is 8. The predicted molar refractivity (Wildman–Crippen MR) is 79.8 cm³/mol. The van der Waals surface area contributed by atoms with Gasteiger partial charge in [0.15, 0.2) is 0 Å². The van der Waals surface area contributed by atoms with Crippen LogP contribution in [0.15, 0.2) is 0 Å². The number of quaternary nitrogens is 2. The SMILES string of the molecule is CCC(C(=O)C(=O)[O-])[P+](=O)O.CCC(C(=O)C(=O)[O-])[P+](=O)O.[NH4+].[NH4+]. The third-order valence-corrected chi connectivity index (χ3v) is 4.58. The number of carboxylic acids is 2. The summed E-state index contributed by atoms with van der Waals surface area (Å²) in [5, 5.41) is 19.8. The van der Waals surface area contributed by atoms with Crippen molar-refractivity contribution in [3.63, 3.8) is 0 Å². The Kier molecular flexibility index (Phi) is 18.7. The molecule has 140 valence electrons. The number of carboxylic acid groups (broad SMARTS) is 2. The molecule has 0 aliphatic carbocycles. The van der Waals surface area contributed by atoms with Crippen molar-refractivity contribution >= 4 is 39.6 Å². The fraction of sp³-hybridized carbons (Fsp3) is 0.600. The van der Waals surface area contributed by atoms with E-state index in [9.17, 15) is 38.5 Å². The standard InChI is InChI=1S/2C5H7O5P.2H3N/c2*1-2-3(11(9)10)4(6)5(7)8;;/h2*3H,2H2,1H3,(H-,7,8,9,10);2*1H3/p+2. The fourth-order valence-electron chi connectivity index (χ4n) is 1.16. The molecule has 0 rings (SSSR count).